The van der Waals surface area contributed by atoms with Crippen LogP contribution in [0, 0.1) is 5.82 Å². The van der Waals surface area contributed by atoms with Gasteiger partial charge in [-0.05, 0) is 35.7 Å². The fourth-order valence-electron chi connectivity index (χ4n) is 3.06. The number of carbonyl (C=O) groups excluding carboxylic acids is 1. The van der Waals surface area contributed by atoms with Gasteiger partial charge >= 0.3 is 0 Å². The third-order valence-corrected chi connectivity index (χ3v) is 4.51. The highest BCUT2D eigenvalue weighted by molar-refractivity contribution is 6.01. The zero-order valence-electron chi connectivity index (χ0n) is 15.6. The summed E-state index contributed by atoms with van der Waals surface area (Å²) in [5.41, 5.74) is 0.376. The zero-order valence-corrected chi connectivity index (χ0v) is 15.6. The molecule has 4 N–H and O–H groups in total. The van der Waals surface area contributed by atoms with Crippen molar-refractivity contribution in [1.82, 2.24) is 14.9 Å². The first-order valence-corrected chi connectivity index (χ1v) is 8.85. The number of aliphatic hydroxyl groups is 2. The maximum absolute atomic E-state index is 13.1. The van der Waals surface area contributed by atoms with E-state index in [0.717, 1.165) is 10.1 Å². The Morgan fingerprint density at radius 2 is 1.97 bits per heavy atom. The van der Waals surface area contributed by atoms with Crippen molar-refractivity contribution >= 4 is 16.9 Å². The van der Waals surface area contributed by atoms with E-state index in [0.29, 0.717) is 12.0 Å². The smallest absolute Gasteiger partial charge is 0.267 e. The lowest BCUT2D eigenvalue weighted by Crippen LogP contribution is -2.35. The summed E-state index contributed by atoms with van der Waals surface area (Å²) in [7, 11) is 1.32. The molecule has 2 aromatic heterocycles. The van der Waals surface area contributed by atoms with Crippen LogP contribution in [-0.2, 0) is 13.0 Å². The Morgan fingerprint density at radius 3 is 2.59 bits per heavy atom. The normalized spacial score (nSPS) is 12.1. The van der Waals surface area contributed by atoms with E-state index < -0.39 is 35.5 Å². The maximum atomic E-state index is 13.1. The Bertz CT molecular complexity index is 1110. The molecule has 8 nitrogen and oxygen atoms in total. The molecule has 0 aliphatic carbocycles. The Labute approximate surface area is 164 Å². The number of halogens is 1. The molecule has 0 aliphatic rings. The molecule has 0 saturated carbocycles. The molecule has 1 atom stereocenters. The van der Waals surface area contributed by atoms with Crippen molar-refractivity contribution in [2.45, 2.75) is 19.1 Å². The molecule has 3 aromatic rings. The number of pyridine rings is 2. The largest absolute Gasteiger partial charge is 0.505 e. The second-order valence-electron chi connectivity index (χ2n) is 6.57. The number of hydrogen-bond acceptors (Lipinski definition) is 6. The average Bonchev–Trinajstić information content (AvgIpc) is 2.72. The van der Waals surface area contributed by atoms with Gasteiger partial charge in [-0.25, -0.2) is 4.39 Å². The lowest BCUT2D eigenvalue weighted by atomic mass is 10.1. The minimum absolute atomic E-state index is 0.0104. The van der Waals surface area contributed by atoms with Gasteiger partial charge < -0.3 is 25.2 Å². The van der Waals surface area contributed by atoms with Gasteiger partial charge in [0, 0.05) is 13.2 Å². The molecule has 0 bridgehead atoms. The van der Waals surface area contributed by atoms with Crippen molar-refractivity contribution in [3.8, 4) is 5.75 Å². The van der Waals surface area contributed by atoms with Crippen molar-refractivity contribution in [2.24, 2.45) is 0 Å². The molecule has 0 fully saturated rings. The van der Waals surface area contributed by atoms with Gasteiger partial charge in [0.05, 0.1) is 24.8 Å². The van der Waals surface area contributed by atoms with E-state index in [4.69, 9.17) is 5.11 Å². The van der Waals surface area contributed by atoms with E-state index in [1.54, 1.807) is 18.2 Å². The quantitative estimate of drug-likeness (QED) is 0.478. The van der Waals surface area contributed by atoms with E-state index in [2.05, 4.69) is 10.3 Å². The van der Waals surface area contributed by atoms with E-state index >= 15 is 0 Å². The first kappa shape index (κ1) is 20.4. The van der Waals surface area contributed by atoms with Crippen LogP contribution in [0.5, 0.6) is 5.75 Å². The number of nitrogens with one attached hydrogen (secondary N) is 1. The van der Waals surface area contributed by atoms with Gasteiger partial charge in [0.1, 0.15) is 16.9 Å². The van der Waals surface area contributed by atoms with E-state index in [1.807, 2.05) is 0 Å². The van der Waals surface area contributed by atoms with E-state index in [-0.39, 0.29) is 23.4 Å². The van der Waals surface area contributed by atoms with Crippen molar-refractivity contribution in [3.63, 3.8) is 0 Å². The van der Waals surface area contributed by atoms with Crippen molar-refractivity contribution < 1.29 is 24.5 Å². The van der Waals surface area contributed by atoms with Crippen LogP contribution in [0.1, 0.15) is 21.5 Å². The standard InChI is InChI=1S/C20H20FN3O5/c1-22-19(28)16-18(27)17-15(24(20(16)29)9-14(26)10-25)7-12(8-23-17)6-11-2-4-13(21)5-3-11/h2-5,7-8,14,25-27H,6,9-10H2,1H3,(H,22,28). The molecule has 3 rings (SSSR count). The molecule has 9 heteroatoms. The molecular formula is C20H20FN3O5. The summed E-state index contributed by atoms with van der Waals surface area (Å²) < 4.78 is 14.2. The molecule has 2 heterocycles. The number of carbonyl (C=O) groups is 1. The summed E-state index contributed by atoms with van der Waals surface area (Å²) in [5, 5.41) is 31.8. The molecule has 1 amide bonds. The van der Waals surface area contributed by atoms with Gasteiger partial charge in [0.2, 0.25) is 0 Å². The number of nitrogens with zero attached hydrogens (tertiary/aromatic N) is 2. The Hall–Kier alpha value is -3.30. The second kappa shape index (κ2) is 8.38. The van der Waals surface area contributed by atoms with Crippen LogP contribution in [0.25, 0.3) is 11.0 Å². The predicted octanol–water partition coefficient (Wildman–Crippen LogP) is 0.545. The van der Waals surface area contributed by atoms with E-state index in [1.165, 1.54) is 25.4 Å². The third kappa shape index (κ3) is 4.10. The first-order chi connectivity index (χ1) is 13.8. The van der Waals surface area contributed by atoms with Crippen molar-refractivity contribution in [2.75, 3.05) is 13.7 Å². The highest BCUT2D eigenvalue weighted by Crippen LogP contribution is 2.26. The molecule has 0 saturated heterocycles. The number of aromatic nitrogens is 2. The molecule has 0 spiro atoms. The summed E-state index contributed by atoms with van der Waals surface area (Å²) in [6.45, 7) is -0.884. The number of aliphatic hydroxyl groups excluding tert-OH is 2. The summed E-state index contributed by atoms with van der Waals surface area (Å²) in [6.07, 6.45) is 0.618. The first-order valence-electron chi connectivity index (χ1n) is 8.85. The second-order valence-corrected chi connectivity index (χ2v) is 6.57. The molecule has 152 valence electrons. The number of fused-ring (bicyclic) bond motifs is 1. The fourth-order valence-corrected chi connectivity index (χ4v) is 3.06. The van der Waals surface area contributed by atoms with Gasteiger partial charge in [-0.2, -0.15) is 0 Å². The molecule has 0 radical (unpaired) electrons. The minimum atomic E-state index is -1.25. The topological polar surface area (TPSA) is 125 Å². The van der Waals surface area contributed by atoms with Crippen molar-refractivity contribution in [1.29, 1.82) is 0 Å². The molecule has 0 aliphatic heterocycles. The molecule has 29 heavy (non-hydrogen) atoms. The minimum Gasteiger partial charge on any atom is -0.505 e. The summed E-state index contributed by atoms with van der Waals surface area (Å²) in [5.74, 6) is -1.71. The Balaban J connectivity index is 2.18. The van der Waals surface area contributed by atoms with Crippen LogP contribution in [0.2, 0.25) is 0 Å². The third-order valence-electron chi connectivity index (χ3n) is 4.51. The summed E-state index contributed by atoms with van der Waals surface area (Å²) in [6, 6.07) is 7.50. The Kier molecular flexibility index (Phi) is 5.90. The lowest BCUT2D eigenvalue weighted by molar-refractivity contribution is 0.0810. The monoisotopic (exact) mass is 401 g/mol. The van der Waals surface area contributed by atoms with Gasteiger partial charge in [-0.15, -0.1) is 0 Å². The molecular weight excluding hydrogens is 381 g/mol. The Morgan fingerprint density at radius 1 is 1.28 bits per heavy atom. The van der Waals surface area contributed by atoms with Gasteiger partial charge in [0.15, 0.2) is 5.75 Å². The van der Waals surface area contributed by atoms with Crippen LogP contribution in [-0.4, -0.2) is 50.5 Å². The fraction of sp³-hybridized carbons (Fsp3) is 0.250. The van der Waals surface area contributed by atoms with Gasteiger partial charge in [-0.1, -0.05) is 12.1 Å². The van der Waals surface area contributed by atoms with Crippen LogP contribution in [0.4, 0.5) is 4.39 Å². The molecule has 1 unspecified atom stereocenters. The predicted molar refractivity (Wildman–Crippen MR) is 103 cm³/mol. The number of amides is 1. The number of benzene rings is 1. The van der Waals surface area contributed by atoms with E-state index in [9.17, 15) is 24.2 Å². The van der Waals surface area contributed by atoms with Crippen LogP contribution >= 0.6 is 0 Å². The number of aromatic hydroxyl groups is 1. The summed E-state index contributed by atoms with van der Waals surface area (Å²) in [4.78, 5) is 29.1. The van der Waals surface area contributed by atoms with Crippen LogP contribution < -0.4 is 10.9 Å². The SMILES string of the molecule is CNC(=O)c1c(O)c2ncc(Cc3ccc(F)cc3)cc2n(CC(O)CO)c1=O. The average molecular weight is 401 g/mol. The number of rotatable bonds is 6. The zero-order chi connectivity index (χ0) is 21.1. The number of hydrogen-bond donors (Lipinski definition) is 4. The van der Waals surface area contributed by atoms with Crippen LogP contribution in [0.15, 0.2) is 41.3 Å². The molecule has 1 aromatic carbocycles. The summed E-state index contributed by atoms with van der Waals surface area (Å²) >= 11 is 0. The maximum Gasteiger partial charge on any atom is 0.267 e. The van der Waals surface area contributed by atoms with Gasteiger partial charge in [0.25, 0.3) is 11.5 Å². The highest BCUT2D eigenvalue weighted by Gasteiger charge is 2.23. The van der Waals surface area contributed by atoms with Crippen LogP contribution in [0.3, 0.4) is 0 Å². The lowest BCUT2D eigenvalue weighted by Gasteiger charge is -2.16. The van der Waals surface area contributed by atoms with Crippen molar-refractivity contribution in [3.05, 3.63) is 69.4 Å². The van der Waals surface area contributed by atoms with Gasteiger partial charge in [-0.3, -0.25) is 14.6 Å². The highest BCUT2D eigenvalue weighted by atomic mass is 19.1.